The minimum absolute atomic E-state index is 0.00172. The number of piperidine rings is 1. The monoisotopic (exact) mass is 356 g/mol. The van der Waals surface area contributed by atoms with Crippen molar-refractivity contribution in [2.24, 2.45) is 5.92 Å². The second-order valence-corrected chi connectivity index (χ2v) is 7.64. The number of thiophene rings is 1. The van der Waals surface area contributed by atoms with Gasteiger partial charge in [0.1, 0.15) is 0 Å². The van der Waals surface area contributed by atoms with E-state index >= 15 is 0 Å². The van der Waals surface area contributed by atoms with Crippen LogP contribution in [0.5, 0.6) is 0 Å². The molecule has 4 nitrogen and oxygen atoms in total. The van der Waals surface area contributed by atoms with E-state index in [1.54, 1.807) is 0 Å². The lowest BCUT2D eigenvalue weighted by atomic mass is 9.95. The normalized spacial score (nSPS) is 15.2. The highest BCUT2D eigenvalue weighted by atomic mass is 32.1. The summed E-state index contributed by atoms with van der Waals surface area (Å²) in [5.41, 5.74) is 3.59. The third-order valence-electron chi connectivity index (χ3n) is 4.84. The number of likely N-dealkylation sites (tertiary alicyclic amines) is 1. The van der Waals surface area contributed by atoms with Gasteiger partial charge >= 0.3 is 0 Å². The lowest BCUT2D eigenvalue weighted by Crippen LogP contribution is -2.42. The largest absolute Gasteiger partial charge is 0.352 e. The van der Waals surface area contributed by atoms with Gasteiger partial charge in [0, 0.05) is 25.6 Å². The van der Waals surface area contributed by atoms with Crippen molar-refractivity contribution in [2.45, 2.75) is 33.2 Å². The van der Waals surface area contributed by atoms with Gasteiger partial charge in [0.15, 0.2) is 0 Å². The van der Waals surface area contributed by atoms with E-state index < -0.39 is 0 Å². The van der Waals surface area contributed by atoms with Crippen molar-refractivity contribution in [1.29, 1.82) is 0 Å². The van der Waals surface area contributed by atoms with Crippen LogP contribution in [-0.2, 0) is 11.3 Å². The summed E-state index contributed by atoms with van der Waals surface area (Å²) in [6.07, 6.45) is 1.46. The van der Waals surface area contributed by atoms with Crippen molar-refractivity contribution in [3.05, 3.63) is 57.3 Å². The molecule has 1 aromatic carbocycles. The van der Waals surface area contributed by atoms with E-state index in [0.717, 1.165) is 23.3 Å². The number of benzene rings is 1. The SMILES string of the molecule is Cc1ccc(CNC(=O)C2CCN(C(=O)c3cccs3)CC2)c(C)c1. The number of carbonyl (C=O) groups excluding carboxylic acids is 2. The smallest absolute Gasteiger partial charge is 0.263 e. The lowest BCUT2D eigenvalue weighted by molar-refractivity contribution is -0.126. The van der Waals surface area contributed by atoms with Gasteiger partial charge < -0.3 is 10.2 Å². The van der Waals surface area contributed by atoms with Crippen LogP contribution in [0.1, 0.15) is 39.2 Å². The summed E-state index contributed by atoms with van der Waals surface area (Å²) in [4.78, 5) is 27.4. The standard InChI is InChI=1S/C20H24N2O2S/c1-14-5-6-17(15(2)12-14)13-21-19(23)16-7-9-22(10-8-16)20(24)18-4-3-11-25-18/h3-6,11-12,16H,7-10,13H2,1-2H3,(H,21,23). The highest BCUT2D eigenvalue weighted by Gasteiger charge is 2.28. The van der Waals surface area contributed by atoms with E-state index in [9.17, 15) is 9.59 Å². The quantitative estimate of drug-likeness (QED) is 0.911. The molecule has 1 fully saturated rings. The summed E-state index contributed by atoms with van der Waals surface area (Å²) in [6.45, 7) is 6.01. The molecule has 1 aliphatic rings. The summed E-state index contributed by atoms with van der Waals surface area (Å²) in [5, 5.41) is 4.98. The Bertz CT molecular complexity index is 747. The van der Waals surface area contributed by atoms with Crippen molar-refractivity contribution < 1.29 is 9.59 Å². The zero-order valence-corrected chi connectivity index (χ0v) is 15.6. The number of amides is 2. The summed E-state index contributed by atoms with van der Waals surface area (Å²) in [7, 11) is 0. The Kier molecular flexibility index (Phi) is 5.53. The van der Waals surface area contributed by atoms with Crippen molar-refractivity contribution in [3.63, 3.8) is 0 Å². The highest BCUT2D eigenvalue weighted by Crippen LogP contribution is 2.21. The van der Waals surface area contributed by atoms with Gasteiger partial charge in [0.25, 0.3) is 5.91 Å². The molecule has 25 heavy (non-hydrogen) atoms. The van der Waals surface area contributed by atoms with E-state index in [-0.39, 0.29) is 17.7 Å². The van der Waals surface area contributed by atoms with Crippen LogP contribution in [0.3, 0.4) is 0 Å². The van der Waals surface area contributed by atoms with Gasteiger partial charge in [0.05, 0.1) is 4.88 Å². The fraction of sp³-hybridized carbons (Fsp3) is 0.400. The maximum atomic E-state index is 12.4. The topological polar surface area (TPSA) is 49.4 Å². The first-order valence-electron chi connectivity index (χ1n) is 8.71. The Balaban J connectivity index is 1.49. The van der Waals surface area contributed by atoms with Crippen LogP contribution in [-0.4, -0.2) is 29.8 Å². The maximum absolute atomic E-state index is 12.4. The fourth-order valence-electron chi connectivity index (χ4n) is 3.27. The average molecular weight is 356 g/mol. The second-order valence-electron chi connectivity index (χ2n) is 6.69. The molecule has 3 rings (SSSR count). The Labute approximate surface area is 152 Å². The van der Waals surface area contributed by atoms with Gasteiger partial charge in [-0.2, -0.15) is 0 Å². The number of hydrogen-bond acceptors (Lipinski definition) is 3. The van der Waals surface area contributed by atoms with E-state index in [0.29, 0.717) is 19.6 Å². The van der Waals surface area contributed by atoms with E-state index in [1.807, 2.05) is 22.4 Å². The summed E-state index contributed by atoms with van der Waals surface area (Å²) in [6, 6.07) is 10.0. The molecule has 2 aromatic rings. The molecule has 132 valence electrons. The minimum atomic E-state index is -0.00172. The van der Waals surface area contributed by atoms with Crippen LogP contribution in [0.25, 0.3) is 0 Å². The van der Waals surface area contributed by atoms with Gasteiger partial charge in [-0.25, -0.2) is 0 Å². The Morgan fingerprint density at radius 1 is 1.20 bits per heavy atom. The molecule has 1 aromatic heterocycles. The van der Waals surface area contributed by atoms with Crippen LogP contribution in [0.4, 0.5) is 0 Å². The van der Waals surface area contributed by atoms with Crippen molar-refractivity contribution >= 4 is 23.2 Å². The van der Waals surface area contributed by atoms with E-state index in [2.05, 4.69) is 37.4 Å². The molecule has 0 bridgehead atoms. The predicted octanol–water partition coefficient (Wildman–Crippen LogP) is 3.53. The van der Waals surface area contributed by atoms with Crippen molar-refractivity contribution in [3.8, 4) is 0 Å². The zero-order chi connectivity index (χ0) is 17.8. The third kappa shape index (κ3) is 4.28. The Hall–Kier alpha value is -2.14. The summed E-state index contributed by atoms with van der Waals surface area (Å²) < 4.78 is 0. The molecule has 2 heterocycles. The minimum Gasteiger partial charge on any atom is -0.352 e. The molecule has 5 heteroatoms. The number of nitrogens with one attached hydrogen (secondary N) is 1. The number of rotatable bonds is 4. The summed E-state index contributed by atoms with van der Waals surface area (Å²) >= 11 is 1.47. The van der Waals surface area contributed by atoms with Gasteiger partial charge in [0.2, 0.25) is 5.91 Å². The molecule has 1 N–H and O–H groups in total. The molecule has 0 unspecified atom stereocenters. The molecule has 1 saturated heterocycles. The number of nitrogens with zero attached hydrogens (tertiary/aromatic N) is 1. The molecule has 0 aliphatic carbocycles. The van der Waals surface area contributed by atoms with E-state index in [4.69, 9.17) is 0 Å². The zero-order valence-electron chi connectivity index (χ0n) is 14.7. The molecule has 2 amide bonds. The highest BCUT2D eigenvalue weighted by molar-refractivity contribution is 7.12. The first-order chi connectivity index (χ1) is 12.0. The van der Waals surface area contributed by atoms with Crippen LogP contribution in [0, 0.1) is 19.8 Å². The van der Waals surface area contributed by atoms with Crippen molar-refractivity contribution in [1.82, 2.24) is 10.2 Å². The number of hydrogen-bond donors (Lipinski definition) is 1. The first-order valence-corrected chi connectivity index (χ1v) is 9.59. The van der Waals surface area contributed by atoms with Gasteiger partial charge in [-0.1, -0.05) is 29.8 Å². The predicted molar refractivity (Wildman–Crippen MR) is 101 cm³/mol. The Morgan fingerprint density at radius 3 is 2.60 bits per heavy atom. The van der Waals surface area contributed by atoms with Crippen LogP contribution >= 0.6 is 11.3 Å². The molecule has 0 spiro atoms. The first kappa shape index (κ1) is 17.7. The second kappa shape index (κ2) is 7.83. The lowest BCUT2D eigenvalue weighted by Gasteiger charge is -2.31. The maximum Gasteiger partial charge on any atom is 0.263 e. The van der Waals surface area contributed by atoms with Gasteiger partial charge in [-0.3, -0.25) is 9.59 Å². The molecule has 0 saturated carbocycles. The molecular weight excluding hydrogens is 332 g/mol. The third-order valence-corrected chi connectivity index (χ3v) is 5.69. The van der Waals surface area contributed by atoms with Crippen LogP contribution in [0.15, 0.2) is 35.7 Å². The van der Waals surface area contributed by atoms with Crippen molar-refractivity contribution in [2.75, 3.05) is 13.1 Å². The fourth-order valence-corrected chi connectivity index (χ4v) is 3.96. The molecule has 1 aliphatic heterocycles. The Morgan fingerprint density at radius 2 is 1.96 bits per heavy atom. The van der Waals surface area contributed by atoms with Gasteiger partial charge in [-0.15, -0.1) is 11.3 Å². The number of aryl methyl sites for hydroxylation is 2. The summed E-state index contributed by atoms with van der Waals surface area (Å²) in [5.74, 6) is 0.186. The average Bonchev–Trinajstić information content (AvgIpc) is 3.15. The molecular formula is C20H24N2O2S. The number of carbonyl (C=O) groups is 2. The van der Waals surface area contributed by atoms with E-state index in [1.165, 1.54) is 22.5 Å². The van der Waals surface area contributed by atoms with Crippen LogP contribution < -0.4 is 5.32 Å². The van der Waals surface area contributed by atoms with Gasteiger partial charge in [-0.05, 0) is 49.3 Å². The van der Waals surface area contributed by atoms with Crippen LogP contribution in [0.2, 0.25) is 0 Å². The molecule has 0 radical (unpaired) electrons. The molecule has 0 atom stereocenters.